The van der Waals surface area contributed by atoms with Crippen molar-refractivity contribution in [2.45, 2.75) is 20.3 Å². The van der Waals surface area contributed by atoms with E-state index in [1.165, 1.54) is 0 Å². The molecule has 6 heteroatoms. The predicted octanol–water partition coefficient (Wildman–Crippen LogP) is 3.46. The quantitative estimate of drug-likeness (QED) is 0.931. The maximum absolute atomic E-state index is 13.2. The highest BCUT2D eigenvalue weighted by atomic mass is 19.1. The molecule has 1 aromatic heterocycles. The van der Waals surface area contributed by atoms with Gasteiger partial charge in [-0.3, -0.25) is 0 Å². The van der Waals surface area contributed by atoms with Gasteiger partial charge in [0.05, 0.1) is 5.56 Å². The number of nitrogens with zero attached hydrogens (tertiary/aromatic N) is 2. The Labute approximate surface area is 115 Å². The highest BCUT2D eigenvalue weighted by Gasteiger charge is 2.12. The van der Waals surface area contributed by atoms with Gasteiger partial charge < -0.3 is 10.1 Å². The SMILES string of the molecule is CCc1nc(NC)c(C)c(Oc2cc(F)cc(F)c2)n1. The van der Waals surface area contributed by atoms with Crippen LogP contribution in [0.4, 0.5) is 14.6 Å². The predicted molar refractivity (Wildman–Crippen MR) is 72.1 cm³/mol. The van der Waals surface area contributed by atoms with Crippen molar-refractivity contribution in [3.8, 4) is 11.6 Å². The van der Waals surface area contributed by atoms with Crippen molar-refractivity contribution in [3.05, 3.63) is 41.2 Å². The maximum atomic E-state index is 13.2. The number of ether oxygens (including phenoxy) is 1. The van der Waals surface area contributed by atoms with Gasteiger partial charge in [0.2, 0.25) is 5.88 Å². The van der Waals surface area contributed by atoms with Crippen LogP contribution in [0, 0.1) is 18.6 Å². The molecule has 1 heterocycles. The number of hydrogen-bond acceptors (Lipinski definition) is 4. The zero-order valence-corrected chi connectivity index (χ0v) is 11.5. The molecule has 0 fully saturated rings. The zero-order valence-electron chi connectivity index (χ0n) is 11.5. The molecule has 0 spiro atoms. The zero-order chi connectivity index (χ0) is 14.7. The largest absolute Gasteiger partial charge is 0.438 e. The Hall–Kier alpha value is -2.24. The first-order valence-corrected chi connectivity index (χ1v) is 6.22. The molecule has 1 N–H and O–H groups in total. The second-order valence-corrected chi connectivity index (χ2v) is 4.23. The first kappa shape index (κ1) is 14.2. The van der Waals surface area contributed by atoms with E-state index < -0.39 is 11.6 Å². The van der Waals surface area contributed by atoms with Crippen LogP contribution in [0.1, 0.15) is 18.3 Å². The molecule has 0 saturated heterocycles. The Morgan fingerprint density at radius 3 is 2.35 bits per heavy atom. The third kappa shape index (κ3) is 3.01. The van der Waals surface area contributed by atoms with Gasteiger partial charge in [-0.05, 0) is 6.92 Å². The van der Waals surface area contributed by atoms with E-state index in [2.05, 4.69) is 15.3 Å². The van der Waals surface area contributed by atoms with Gasteiger partial charge in [0.15, 0.2) is 0 Å². The molecule has 0 amide bonds. The van der Waals surface area contributed by atoms with Crippen LogP contribution in [0.25, 0.3) is 0 Å². The Kier molecular flexibility index (Phi) is 4.12. The van der Waals surface area contributed by atoms with E-state index in [9.17, 15) is 8.78 Å². The molecule has 1 aromatic carbocycles. The molecule has 0 aliphatic rings. The van der Waals surface area contributed by atoms with Gasteiger partial charge in [0, 0.05) is 31.7 Å². The summed E-state index contributed by atoms with van der Waals surface area (Å²) in [7, 11) is 1.74. The lowest BCUT2D eigenvalue weighted by atomic mass is 10.3. The number of aryl methyl sites for hydroxylation is 1. The van der Waals surface area contributed by atoms with Crippen LogP contribution in [0.5, 0.6) is 11.6 Å². The third-order valence-electron chi connectivity index (χ3n) is 2.75. The summed E-state index contributed by atoms with van der Waals surface area (Å²) in [5.74, 6) is 0.169. The van der Waals surface area contributed by atoms with Crippen molar-refractivity contribution in [1.82, 2.24) is 9.97 Å². The summed E-state index contributed by atoms with van der Waals surface area (Å²) in [6.45, 7) is 3.69. The Morgan fingerprint density at radius 1 is 1.15 bits per heavy atom. The number of hydrogen-bond donors (Lipinski definition) is 1. The van der Waals surface area contributed by atoms with Crippen molar-refractivity contribution in [2.75, 3.05) is 12.4 Å². The molecule has 0 aliphatic heterocycles. The Morgan fingerprint density at radius 2 is 1.80 bits per heavy atom. The summed E-state index contributed by atoms with van der Waals surface area (Å²) in [6, 6.07) is 3.00. The highest BCUT2D eigenvalue weighted by Crippen LogP contribution is 2.28. The molecule has 20 heavy (non-hydrogen) atoms. The lowest BCUT2D eigenvalue weighted by Gasteiger charge is -2.12. The molecule has 2 aromatic rings. The lowest BCUT2D eigenvalue weighted by Crippen LogP contribution is -2.04. The Balaban J connectivity index is 2.41. The fraction of sp³-hybridized carbons (Fsp3) is 0.286. The number of aromatic nitrogens is 2. The van der Waals surface area contributed by atoms with Crippen molar-refractivity contribution < 1.29 is 13.5 Å². The van der Waals surface area contributed by atoms with E-state index in [0.29, 0.717) is 23.6 Å². The number of benzene rings is 1. The van der Waals surface area contributed by atoms with Crippen LogP contribution in [0.3, 0.4) is 0 Å². The van der Waals surface area contributed by atoms with Crippen LogP contribution in [0.2, 0.25) is 0 Å². The number of anilines is 1. The highest BCUT2D eigenvalue weighted by molar-refractivity contribution is 5.49. The van der Waals surface area contributed by atoms with E-state index in [1.807, 2.05) is 6.92 Å². The van der Waals surface area contributed by atoms with E-state index in [0.717, 1.165) is 18.2 Å². The minimum absolute atomic E-state index is 0.0633. The maximum Gasteiger partial charge on any atom is 0.227 e. The van der Waals surface area contributed by atoms with Gasteiger partial charge in [0.1, 0.15) is 29.0 Å². The van der Waals surface area contributed by atoms with Crippen LogP contribution in [0.15, 0.2) is 18.2 Å². The van der Waals surface area contributed by atoms with Crippen molar-refractivity contribution in [2.24, 2.45) is 0 Å². The molecular formula is C14H15F2N3O. The number of nitrogens with one attached hydrogen (secondary N) is 1. The molecule has 0 unspecified atom stereocenters. The van der Waals surface area contributed by atoms with Gasteiger partial charge in [0.25, 0.3) is 0 Å². The monoisotopic (exact) mass is 279 g/mol. The van der Waals surface area contributed by atoms with E-state index in [1.54, 1.807) is 14.0 Å². The average molecular weight is 279 g/mol. The topological polar surface area (TPSA) is 47.0 Å². The van der Waals surface area contributed by atoms with Crippen molar-refractivity contribution in [1.29, 1.82) is 0 Å². The van der Waals surface area contributed by atoms with Crippen LogP contribution < -0.4 is 10.1 Å². The lowest BCUT2D eigenvalue weighted by molar-refractivity contribution is 0.444. The number of halogens is 2. The molecule has 0 saturated carbocycles. The molecule has 0 aliphatic carbocycles. The van der Waals surface area contributed by atoms with E-state index >= 15 is 0 Å². The van der Waals surface area contributed by atoms with Gasteiger partial charge >= 0.3 is 0 Å². The summed E-state index contributed by atoms with van der Waals surface area (Å²) in [5, 5.41) is 2.94. The third-order valence-corrected chi connectivity index (χ3v) is 2.75. The summed E-state index contributed by atoms with van der Waals surface area (Å²) in [5.41, 5.74) is 0.675. The van der Waals surface area contributed by atoms with Crippen LogP contribution in [-0.2, 0) is 6.42 Å². The van der Waals surface area contributed by atoms with Gasteiger partial charge in [-0.25, -0.2) is 13.8 Å². The fourth-order valence-electron chi connectivity index (χ4n) is 1.74. The average Bonchev–Trinajstić information content (AvgIpc) is 2.40. The smallest absolute Gasteiger partial charge is 0.227 e. The van der Waals surface area contributed by atoms with Crippen LogP contribution >= 0.6 is 0 Å². The van der Waals surface area contributed by atoms with E-state index in [4.69, 9.17) is 4.74 Å². The molecule has 0 atom stereocenters. The first-order valence-electron chi connectivity index (χ1n) is 6.22. The number of rotatable bonds is 4. The van der Waals surface area contributed by atoms with Crippen molar-refractivity contribution in [3.63, 3.8) is 0 Å². The molecule has 2 rings (SSSR count). The van der Waals surface area contributed by atoms with Crippen LogP contribution in [-0.4, -0.2) is 17.0 Å². The molecule has 106 valence electrons. The first-order chi connectivity index (χ1) is 9.53. The summed E-state index contributed by atoms with van der Waals surface area (Å²) in [6.07, 6.45) is 0.628. The molecule has 0 radical (unpaired) electrons. The van der Waals surface area contributed by atoms with Gasteiger partial charge in [-0.15, -0.1) is 0 Å². The Bertz CT molecular complexity index is 612. The molecule has 4 nitrogen and oxygen atoms in total. The summed E-state index contributed by atoms with van der Waals surface area (Å²) < 4.78 is 31.8. The standard InChI is InChI=1S/C14H15F2N3O/c1-4-12-18-13(17-3)8(2)14(19-12)20-11-6-9(15)5-10(16)7-11/h5-7H,4H2,1-3H3,(H,17,18,19). The molecule has 0 bridgehead atoms. The fourth-order valence-corrected chi connectivity index (χ4v) is 1.74. The molecular weight excluding hydrogens is 264 g/mol. The van der Waals surface area contributed by atoms with Crippen molar-refractivity contribution >= 4 is 5.82 Å². The van der Waals surface area contributed by atoms with Gasteiger partial charge in [-0.1, -0.05) is 6.92 Å². The minimum Gasteiger partial charge on any atom is -0.438 e. The van der Waals surface area contributed by atoms with Gasteiger partial charge in [-0.2, -0.15) is 4.98 Å². The summed E-state index contributed by atoms with van der Waals surface area (Å²) in [4.78, 5) is 8.53. The van der Waals surface area contributed by atoms with E-state index in [-0.39, 0.29) is 11.6 Å². The minimum atomic E-state index is -0.698. The normalized spacial score (nSPS) is 10.4. The second-order valence-electron chi connectivity index (χ2n) is 4.23. The summed E-state index contributed by atoms with van der Waals surface area (Å²) >= 11 is 0. The second kappa shape index (κ2) is 5.81.